The average Bonchev–Trinajstić information content (AvgIpc) is 3.30. The van der Waals surface area contributed by atoms with Crippen LogP contribution in [0.1, 0.15) is 11.9 Å². The number of benzene rings is 2. The van der Waals surface area contributed by atoms with Crippen molar-refractivity contribution in [2.75, 3.05) is 6.61 Å². The normalized spacial score (nSPS) is 16.3. The molecule has 0 amide bonds. The van der Waals surface area contributed by atoms with Crippen LogP contribution in [0.2, 0.25) is 0 Å². The average molecular weight is 332 g/mol. The van der Waals surface area contributed by atoms with E-state index in [-0.39, 0.29) is 6.10 Å². The van der Waals surface area contributed by atoms with Gasteiger partial charge in [0.05, 0.1) is 17.2 Å². The van der Waals surface area contributed by atoms with Crippen LogP contribution in [-0.2, 0) is 7.05 Å². The van der Waals surface area contributed by atoms with Gasteiger partial charge in [0.25, 0.3) is 0 Å². The molecule has 6 nitrogen and oxygen atoms in total. The predicted octanol–water partition coefficient (Wildman–Crippen LogP) is 3.48. The van der Waals surface area contributed by atoms with E-state index in [0.29, 0.717) is 6.61 Å². The number of aromatic nitrogens is 4. The number of H-pyrrole nitrogens is 1. The van der Waals surface area contributed by atoms with E-state index in [1.807, 2.05) is 49.8 Å². The van der Waals surface area contributed by atoms with Gasteiger partial charge < -0.3 is 14.0 Å². The van der Waals surface area contributed by atoms with Crippen LogP contribution in [0.15, 0.2) is 54.9 Å². The molecular weight excluding hydrogens is 316 g/mol. The van der Waals surface area contributed by atoms with E-state index in [1.54, 1.807) is 0 Å². The monoisotopic (exact) mass is 332 g/mol. The molecular formula is C19H16N4O2. The van der Waals surface area contributed by atoms with Crippen molar-refractivity contribution in [3.05, 3.63) is 60.7 Å². The first-order valence-electron chi connectivity index (χ1n) is 8.13. The molecule has 0 spiro atoms. The molecule has 2 aromatic carbocycles. The molecule has 124 valence electrons. The van der Waals surface area contributed by atoms with Crippen LogP contribution in [0, 0.1) is 0 Å². The standard InChI is InChI=1S/C19H16N4O2/c1-23-15-8-12(13-9-20-21-10-13)6-7-14(15)22-19(23)18-11-24-16-4-2-3-5-17(16)25-18/h2-10,18H,11H2,1H3,(H,20,21). The maximum Gasteiger partial charge on any atom is 0.190 e. The van der Waals surface area contributed by atoms with Crippen molar-refractivity contribution in [2.45, 2.75) is 6.10 Å². The van der Waals surface area contributed by atoms with E-state index < -0.39 is 0 Å². The molecule has 0 aliphatic carbocycles. The van der Waals surface area contributed by atoms with E-state index in [9.17, 15) is 0 Å². The minimum absolute atomic E-state index is 0.232. The van der Waals surface area contributed by atoms with E-state index in [2.05, 4.69) is 26.9 Å². The highest BCUT2D eigenvalue weighted by Gasteiger charge is 2.26. The molecule has 25 heavy (non-hydrogen) atoms. The minimum atomic E-state index is -0.232. The Kier molecular flexibility index (Phi) is 3.03. The van der Waals surface area contributed by atoms with Crippen molar-refractivity contribution in [3.8, 4) is 22.6 Å². The van der Waals surface area contributed by atoms with E-state index in [1.165, 1.54) is 0 Å². The Balaban J connectivity index is 1.55. The predicted molar refractivity (Wildman–Crippen MR) is 93.6 cm³/mol. The molecule has 1 atom stereocenters. The Morgan fingerprint density at radius 2 is 2.00 bits per heavy atom. The van der Waals surface area contributed by atoms with Gasteiger partial charge in [0.1, 0.15) is 6.61 Å². The minimum Gasteiger partial charge on any atom is -0.485 e. The van der Waals surface area contributed by atoms with Gasteiger partial charge in [-0.25, -0.2) is 4.98 Å². The second-order valence-corrected chi connectivity index (χ2v) is 6.08. The van der Waals surface area contributed by atoms with Gasteiger partial charge in [0.15, 0.2) is 23.4 Å². The summed E-state index contributed by atoms with van der Waals surface area (Å²) in [4.78, 5) is 4.77. The van der Waals surface area contributed by atoms with Crippen molar-refractivity contribution in [2.24, 2.45) is 7.05 Å². The summed E-state index contributed by atoms with van der Waals surface area (Å²) in [5, 5.41) is 6.87. The second kappa shape index (κ2) is 5.37. The molecule has 4 aromatic rings. The topological polar surface area (TPSA) is 65.0 Å². The first-order chi connectivity index (χ1) is 12.3. The van der Waals surface area contributed by atoms with Crippen LogP contribution in [0.4, 0.5) is 0 Å². The van der Waals surface area contributed by atoms with Gasteiger partial charge in [-0.2, -0.15) is 5.10 Å². The quantitative estimate of drug-likeness (QED) is 0.610. The molecule has 1 aliphatic heterocycles. The van der Waals surface area contributed by atoms with Gasteiger partial charge in [-0.3, -0.25) is 5.10 Å². The van der Waals surface area contributed by atoms with E-state index in [4.69, 9.17) is 14.5 Å². The molecule has 6 heteroatoms. The number of aryl methyl sites for hydroxylation is 1. The Hall–Kier alpha value is -3.28. The fourth-order valence-corrected chi connectivity index (χ4v) is 3.23. The van der Waals surface area contributed by atoms with Crippen molar-refractivity contribution < 1.29 is 9.47 Å². The highest BCUT2D eigenvalue weighted by atomic mass is 16.6. The fourth-order valence-electron chi connectivity index (χ4n) is 3.23. The lowest BCUT2D eigenvalue weighted by Crippen LogP contribution is -2.24. The summed E-state index contributed by atoms with van der Waals surface area (Å²) in [6.45, 7) is 0.447. The lowest BCUT2D eigenvalue weighted by Gasteiger charge is -2.25. The number of nitrogens with one attached hydrogen (secondary N) is 1. The first kappa shape index (κ1) is 14.1. The summed E-state index contributed by atoms with van der Waals surface area (Å²) in [6, 6.07) is 13.9. The highest BCUT2D eigenvalue weighted by molar-refractivity contribution is 5.82. The van der Waals surface area contributed by atoms with Gasteiger partial charge in [-0.05, 0) is 29.8 Å². The SMILES string of the molecule is Cn1c(C2COc3ccccc3O2)nc2ccc(-c3cn[nH]c3)cc21. The molecule has 0 saturated carbocycles. The summed E-state index contributed by atoms with van der Waals surface area (Å²) >= 11 is 0. The summed E-state index contributed by atoms with van der Waals surface area (Å²) in [6.07, 6.45) is 3.46. The molecule has 0 fully saturated rings. The molecule has 1 aliphatic rings. The summed E-state index contributed by atoms with van der Waals surface area (Å²) in [5.74, 6) is 2.39. The van der Waals surface area contributed by atoms with Crippen LogP contribution < -0.4 is 9.47 Å². The number of imidazole rings is 1. The van der Waals surface area contributed by atoms with Gasteiger partial charge >= 0.3 is 0 Å². The maximum absolute atomic E-state index is 6.11. The molecule has 2 aromatic heterocycles. The van der Waals surface area contributed by atoms with Crippen molar-refractivity contribution in [3.63, 3.8) is 0 Å². The first-order valence-corrected chi connectivity index (χ1v) is 8.13. The van der Waals surface area contributed by atoms with Crippen LogP contribution in [0.3, 0.4) is 0 Å². The number of aromatic amines is 1. The molecule has 1 unspecified atom stereocenters. The summed E-state index contributed by atoms with van der Waals surface area (Å²) in [5.41, 5.74) is 4.14. The third-order valence-electron chi connectivity index (χ3n) is 4.54. The third-order valence-corrected chi connectivity index (χ3v) is 4.54. The number of ether oxygens (including phenoxy) is 2. The molecule has 3 heterocycles. The number of hydrogen-bond acceptors (Lipinski definition) is 4. The van der Waals surface area contributed by atoms with Crippen molar-refractivity contribution in [1.29, 1.82) is 0 Å². The number of para-hydroxylation sites is 2. The van der Waals surface area contributed by atoms with E-state index >= 15 is 0 Å². The number of rotatable bonds is 2. The number of hydrogen-bond donors (Lipinski definition) is 1. The zero-order valence-electron chi connectivity index (χ0n) is 13.6. The molecule has 5 rings (SSSR count). The van der Waals surface area contributed by atoms with Crippen LogP contribution >= 0.6 is 0 Å². The molecule has 0 bridgehead atoms. The largest absolute Gasteiger partial charge is 0.485 e. The van der Waals surface area contributed by atoms with Gasteiger partial charge in [-0.1, -0.05) is 18.2 Å². The van der Waals surface area contributed by atoms with Gasteiger partial charge in [0, 0.05) is 18.8 Å². The molecule has 0 radical (unpaired) electrons. The van der Waals surface area contributed by atoms with Crippen LogP contribution in [-0.4, -0.2) is 26.4 Å². The molecule has 1 N–H and O–H groups in total. The fraction of sp³-hybridized carbons (Fsp3) is 0.158. The Bertz CT molecular complexity index is 1050. The Morgan fingerprint density at radius 1 is 1.12 bits per heavy atom. The van der Waals surface area contributed by atoms with E-state index in [0.717, 1.165) is 39.5 Å². The van der Waals surface area contributed by atoms with Gasteiger partial charge in [0.2, 0.25) is 0 Å². The van der Waals surface area contributed by atoms with Gasteiger partial charge in [-0.15, -0.1) is 0 Å². The number of fused-ring (bicyclic) bond motifs is 2. The zero-order valence-corrected chi connectivity index (χ0v) is 13.6. The Labute approximate surface area is 144 Å². The second-order valence-electron chi connectivity index (χ2n) is 6.08. The van der Waals surface area contributed by atoms with Crippen molar-refractivity contribution >= 4 is 11.0 Å². The summed E-state index contributed by atoms with van der Waals surface area (Å²) in [7, 11) is 2.01. The highest BCUT2D eigenvalue weighted by Crippen LogP contribution is 2.36. The zero-order chi connectivity index (χ0) is 16.8. The smallest absolute Gasteiger partial charge is 0.190 e. The van der Waals surface area contributed by atoms with Crippen LogP contribution in [0.5, 0.6) is 11.5 Å². The van der Waals surface area contributed by atoms with Crippen molar-refractivity contribution in [1.82, 2.24) is 19.7 Å². The molecule has 0 saturated heterocycles. The third kappa shape index (κ3) is 2.26. The Morgan fingerprint density at radius 3 is 2.84 bits per heavy atom. The lowest BCUT2D eigenvalue weighted by molar-refractivity contribution is 0.0835. The summed E-state index contributed by atoms with van der Waals surface area (Å²) < 4.78 is 14.0. The lowest BCUT2D eigenvalue weighted by atomic mass is 10.1. The maximum atomic E-state index is 6.11. The number of nitrogens with zero attached hydrogens (tertiary/aromatic N) is 3. The van der Waals surface area contributed by atoms with Crippen LogP contribution in [0.25, 0.3) is 22.2 Å².